The Labute approximate surface area is 219 Å². The van der Waals surface area contributed by atoms with E-state index in [4.69, 9.17) is 24.2 Å². The summed E-state index contributed by atoms with van der Waals surface area (Å²) in [6.45, 7) is 3.05. The molecule has 1 saturated heterocycles. The van der Waals surface area contributed by atoms with Gasteiger partial charge in [-0.1, -0.05) is 28.9 Å². The molecule has 2 aromatic carbocycles. The average molecular weight is 514 g/mol. The Morgan fingerprint density at radius 1 is 1.27 bits per heavy atom. The van der Waals surface area contributed by atoms with Gasteiger partial charge >= 0.3 is 0 Å². The molecule has 2 aromatic heterocycles. The van der Waals surface area contributed by atoms with Gasteiger partial charge in [0.1, 0.15) is 25.4 Å². The van der Waals surface area contributed by atoms with Gasteiger partial charge in [0.15, 0.2) is 0 Å². The number of fused-ring (bicyclic) bond motifs is 1. The highest BCUT2D eigenvalue weighted by atomic mass is 35.5. The van der Waals surface area contributed by atoms with E-state index in [2.05, 4.69) is 32.0 Å². The number of rotatable bonds is 7. The molecule has 1 aliphatic heterocycles. The Kier molecular flexibility index (Phi) is 5.58. The van der Waals surface area contributed by atoms with Crippen LogP contribution in [0.15, 0.2) is 48.8 Å². The molecular weight excluding hydrogens is 492 g/mol. The number of pyridine rings is 1. The third-order valence-electron chi connectivity index (χ3n) is 6.79. The molecule has 6 rings (SSSR count). The fourth-order valence-electron chi connectivity index (χ4n) is 4.53. The average Bonchev–Trinajstić information content (AvgIpc) is 3.59. The van der Waals surface area contributed by atoms with E-state index in [9.17, 15) is 9.65 Å². The standard InChI is InChI=1S/C26H22BClFN7O/c1-25(13-37-14-25)33-23-15(10-30)11-31-24-20(23)8-18(9-21(24)28)32-26(27,16-2-4-17(29)5-3-16)22-12-36(35-34-22)19-6-7-19/h2-5,8-9,11-12,19,32H,6-7,13-14H2,1H3,(H,31,33). The van der Waals surface area contributed by atoms with Crippen LogP contribution in [0.4, 0.5) is 15.8 Å². The molecule has 2 radical (unpaired) electrons. The lowest BCUT2D eigenvalue weighted by atomic mass is 9.69. The van der Waals surface area contributed by atoms with Gasteiger partial charge in [0, 0.05) is 17.3 Å². The number of aromatic nitrogens is 4. The van der Waals surface area contributed by atoms with Crippen LogP contribution in [0.3, 0.4) is 0 Å². The zero-order chi connectivity index (χ0) is 25.8. The second kappa shape index (κ2) is 8.72. The predicted molar refractivity (Wildman–Crippen MR) is 139 cm³/mol. The Bertz CT molecular complexity index is 1550. The SMILES string of the molecule is [B]C(Nc1cc(Cl)c2ncc(C#N)c(NC3(C)COC3)c2c1)(c1ccc(F)cc1)c1cn(C2CC2)nn1. The van der Waals surface area contributed by atoms with E-state index in [-0.39, 0.29) is 11.4 Å². The smallest absolute Gasteiger partial charge is 0.123 e. The molecule has 1 saturated carbocycles. The Morgan fingerprint density at radius 2 is 2.03 bits per heavy atom. The van der Waals surface area contributed by atoms with Crippen molar-refractivity contribution in [3.05, 3.63) is 76.5 Å². The fourth-order valence-corrected chi connectivity index (χ4v) is 4.80. The highest BCUT2D eigenvalue weighted by molar-refractivity contribution is 6.36. The van der Waals surface area contributed by atoms with Crippen molar-refractivity contribution in [2.75, 3.05) is 23.8 Å². The van der Waals surface area contributed by atoms with Crippen LogP contribution in [-0.4, -0.2) is 46.6 Å². The summed E-state index contributed by atoms with van der Waals surface area (Å²) in [5.41, 5.74) is 1.52. The molecule has 11 heteroatoms. The van der Waals surface area contributed by atoms with Crippen LogP contribution in [0.2, 0.25) is 5.02 Å². The van der Waals surface area contributed by atoms with Gasteiger partial charge in [-0.05, 0) is 49.6 Å². The first-order valence-corrected chi connectivity index (χ1v) is 12.3. The van der Waals surface area contributed by atoms with Crippen molar-refractivity contribution in [2.24, 2.45) is 0 Å². The maximum absolute atomic E-state index is 13.8. The molecule has 0 spiro atoms. The van der Waals surface area contributed by atoms with Crippen molar-refractivity contribution < 1.29 is 9.13 Å². The van der Waals surface area contributed by atoms with E-state index in [1.54, 1.807) is 18.2 Å². The number of hydrogen-bond donors (Lipinski definition) is 2. The van der Waals surface area contributed by atoms with Crippen LogP contribution in [0.5, 0.6) is 0 Å². The summed E-state index contributed by atoms with van der Waals surface area (Å²) < 4.78 is 21.0. The minimum absolute atomic E-state index is 0.315. The number of anilines is 2. The first-order valence-electron chi connectivity index (χ1n) is 11.9. The highest BCUT2D eigenvalue weighted by Crippen LogP contribution is 2.39. The summed E-state index contributed by atoms with van der Waals surface area (Å²) in [5.74, 6) is -0.374. The monoisotopic (exact) mass is 513 g/mol. The van der Waals surface area contributed by atoms with Crippen molar-refractivity contribution in [3.8, 4) is 6.07 Å². The van der Waals surface area contributed by atoms with E-state index >= 15 is 0 Å². The van der Waals surface area contributed by atoms with Crippen LogP contribution in [0.25, 0.3) is 10.9 Å². The molecule has 1 unspecified atom stereocenters. The van der Waals surface area contributed by atoms with Gasteiger partial charge in [0.05, 0.1) is 58.2 Å². The van der Waals surface area contributed by atoms with Crippen molar-refractivity contribution in [1.29, 1.82) is 5.26 Å². The molecular formula is C26H22BClFN7O. The van der Waals surface area contributed by atoms with Gasteiger partial charge in [-0.3, -0.25) is 4.98 Å². The maximum atomic E-state index is 13.8. The van der Waals surface area contributed by atoms with E-state index in [0.29, 0.717) is 63.4 Å². The first-order chi connectivity index (χ1) is 17.8. The number of hydrogen-bond acceptors (Lipinski definition) is 7. The van der Waals surface area contributed by atoms with E-state index in [1.165, 1.54) is 18.3 Å². The Morgan fingerprint density at radius 3 is 2.68 bits per heavy atom. The van der Waals surface area contributed by atoms with Gasteiger partial charge < -0.3 is 15.4 Å². The molecule has 0 bridgehead atoms. The van der Waals surface area contributed by atoms with Gasteiger partial charge in [0.25, 0.3) is 0 Å². The normalized spacial score (nSPS) is 18.0. The molecule has 184 valence electrons. The lowest BCUT2D eigenvalue weighted by Gasteiger charge is -2.40. The molecule has 3 heterocycles. The predicted octanol–water partition coefficient (Wildman–Crippen LogP) is 4.51. The number of nitrogens with zero attached hydrogens (tertiary/aromatic N) is 5. The lowest BCUT2D eigenvalue weighted by molar-refractivity contribution is -0.0317. The van der Waals surface area contributed by atoms with Crippen LogP contribution in [-0.2, 0) is 10.2 Å². The maximum Gasteiger partial charge on any atom is 0.123 e. The zero-order valence-electron chi connectivity index (χ0n) is 20.0. The highest BCUT2D eigenvalue weighted by Gasteiger charge is 2.36. The van der Waals surface area contributed by atoms with Crippen LogP contribution in [0, 0.1) is 17.1 Å². The molecule has 4 aromatic rings. The quantitative estimate of drug-likeness (QED) is 0.351. The summed E-state index contributed by atoms with van der Waals surface area (Å²) in [4.78, 5) is 4.43. The van der Waals surface area contributed by atoms with Gasteiger partial charge in [-0.15, -0.1) is 5.10 Å². The molecule has 1 aliphatic carbocycles. The van der Waals surface area contributed by atoms with Crippen LogP contribution in [0.1, 0.15) is 42.6 Å². The lowest BCUT2D eigenvalue weighted by Crippen LogP contribution is -2.53. The molecule has 2 fully saturated rings. The summed E-state index contributed by atoms with van der Waals surface area (Å²) in [5, 5.41) is 26.3. The fraction of sp³-hybridized carbons (Fsp3) is 0.308. The van der Waals surface area contributed by atoms with Crippen molar-refractivity contribution in [1.82, 2.24) is 20.0 Å². The van der Waals surface area contributed by atoms with Crippen LogP contribution >= 0.6 is 11.6 Å². The van der Waals surface area contributed by atoms with Gasteiger partial charge in [-0.2, -0.15) is 5.26 Å². The molecule has 2 aliphatic rings. The second-order valence-electron chi connectivity index (χ2n) is 9.95. The summed E-state index contributed by atoms with van der Waals surface area (Å²) in [6, 6.07) is 12.0. The molecule has 8 nitrogen and oxygen atoms in total. The molecule has 2 N–H and O–H groups in total. The van der Waals surface area contributed by atoms with Gasteiger partial charge in [-0.25, -0.2) is 9.07 Å². The molecule has 37 heavy (non-hydrogen) atoms. The zero-order valence-corrected chi connectivity index (χ0v) is 20.8. The second-order valence-corrected chi connectivity index (χ2v) is 10.4. The summed E-state index contributed by atoms with van der Waals surface area (Å²) >= 11 is 6.68. The minimum atomic E-state index is -1.35. The largest absolute Gasteiger partial charge is 0.378 e. The third kappa shape index (κ3) is 4.28. The first kappa shape index (κ1) is 23.7. The van der Waals surface area contributed by atoms with E-state index in [0.717, 1.165) is 12.8 Å². The van der Waals surface area contributed by atoms with E-state index < -0.39 is 5.44 Å². The summed E-state index contributed by atoms with van der Waals surface area (Å²) in [6.07, 6.45) is 5.40. The Hall–Kier alpha value is -3.68. The topological polar surface area (TPSA) is 101 Å². The number of ether oxygens (including phenoxy) is 1. The number of halogens is 2. The van der Waals surface area contributed by atoms with Crippen molar-refractivity contribution in [2.45, 2.75) is 36.8 Å². The Balaban J connectivity index is 1.47. The third-order valence-corrected chi connectivity index (χ3v) is 7.08. The van der Waals surface area contributed by atoms with Crippen LogP contribution < -0.4 is 10.6 Å². The van der Waals surface area contributed by atoms with E-state index in [1.807, 2.05) is 23.9 Å². The number of nitrogens with one attached hydrogen (secondary N) is 2. The number of benzene rings is 2. The van der Waals surface area contributed by atoms with Crippen molar-refractivity contribution in [3.63, 3.8) is 0 Å². The molecule has 1 atom stereocenters. The minimum Gasteiger partial charge on any atom is -0.378 e. The number of nitriles is 1. The molecule has 0 amide bonds. The van der Waals surface area contributed by atoms with Crippen molar-refractivity contribution >= 4 is 41.7 Å². The summed E-state index contributed by atoms with van der Waals surface area (Å²) in [7, 11) is 6.98. The van der Waals surface area contributed by atoms with Gasteiger partial charge in [0.2, 0.25) is 0 Å².